The second-order valence-electron chi connectivity index (χ2n) is 12.7. The molecule has 0 fully saturated rings. The van der Waals surface area contributed by atoms with E-state index in [4.69, 9.17) is 0 Å². The Morgan fingerprint density at radius 3 is 0.692 bits per heavy atom. The number of benzene rings is 6. The third kappa shape index (κ3) is 5.16. The molecule has 0 saturated heterocycles. The van der Waals surface area contributed by atoms with E-state index in [0.717, 1.165) is 0 Å². The quantitative estimate of drug-likeness (QED) is 0.0626. The molecule has 0 saturated carbocycles. The van der Waals surface area contributed by atoms with Crippen molar-refractivity contribution in [2.45, 2.75) is 24.7 Å². The van der Waals surface area contributed by atoms with Gasteiger partial charge in [0, 0.05) is 33.1 Å². The highest BCUT2D eigenvalue weighted by molar-refractivity contribution is 5.71. The van der Waals surface area contributed by atoms with E-state index in [2.05, 4.69) is 0 Å². The van der Waals surface area contributed by atoms with Crippen LogP contribution in [0.5, 0.6) is 69.0 Å². The van der Waals surface area contributed by atoms with Gasteiger partial charge in [-0.2, -0.15) is 0 Å². The molecule has 12 heteroatoms. The molecule has 266 valence electrons. The highest BCUT2D eigenvalue weighted by Crippen LogP contribution is 2.54. The van der Waals surface area contributed by atoms with Crippen molar-refractivity contribution in [3.05, 3.63) is 130 Å². The molecule has 6 aromatic carbocycles. The molecule has 0 unspecified atom stereocenters. The zero-order valence-corrected chi connectivity index (χ0v) is 27.6. The first kappa shape index (κ1) is 34.8. The van der Waals surface area contributed by atoms with Crippen molar-refractivity contribution in [1.29, 1.82) is 0 Å². The van der Waals surface area contributed by atoms with Crippen LogP contribution < -0.4 is 0 Å². The molecule has 0 aliphatic rings. The minimum Gasteiger partial charge on any atom is -0.504 e. The molecule has 52 heavy (non-hydrogen) atoms. The minimum absolute atomic E-state index is 0.0617. The van der Waals surface area contributed by atoms with Crippen molar-refractivity contribution in [3.8, 4) is 80.1 Å². The van der Waals surface area contributed by atoms with E-state index in [1.807, 2.05) is 0 Å². The summed E-state index contributed by atoms with van der Waals surface area (Å²) in [5, 5.41) is 125. The maximum Gasteiger partial charge on any atom is 0.200 e. The lowest BCUT2D eigenvalue weighted by molar-refractivity contribution is 0.354. The highest BCUT2D eigenvalue weighted by atomic mass is 16.3. The Balaban J connectivity index is 1.47. The van der Waals surface area contributed by atoms with E-state index in [0.29, 0.717) is 22.3 Å². The molecule has 0 radical (unpaired) electrons. The van der Waals surface area contributed by atoms with Gasteiger partial charge < -0.3 is 61.3 Å². The predicted octanol–water partition coefficient (Wildman–Crippen LogP) is 6.53. The van der Waals surface area contributed by atoms with E-state index in [1.54, 1.807) is 62.4 Å². The number of phenols is 12. The summed E-state index contributed by atoms with van der Waals surface area (Å²) in [6.45, 7) is 3.23. The van der Waals surface area contributed by atoms with Gasteiger partial charge >= 0.3 is 0 Å². The Morgan fingerprint density at radius 2 is 0.481 bits per heavy atom. The van der Waals surface area contributed by atoms with Crippen LogP contribution in [-0.4, -0.2) is 61.3 Å². The van der Waals surface area contributed by atoms with Crippen molar-refractivity contribution in [2.24, 2.45) is 0 Å². The maximum atomic E-state index is 10.9. The van der Waals surface area contributed by atoms with Crippen LogP contribution >= 0.6 is 0 Å². The average Bonchev–Trinajstić information content (AvgIpc) is 3.14. The van der Waals surface area contributed by atoms with E-state index >= 15 is 0 Å². The van der Waals surface area contributed by atoms with E-state index in [1.165, 1.54) is 48.5 Å². The second kappa shape index (κ2) is 12.4. The van der Waals surface area contributed by atoms with Gasteiger partial charge in [-0.1, -0.05) is 72.8 Å². The van der Waals surface area contributed by atoms with E-state index < -0.39 is 79.8 Å². The summed E-state index contributed by atoms with van der Waals surface area (Å²) in [5.74, 6) is -8.14. The van der Waals surface area contributed by atoms with Gasteiger partial charge in [0.05, 0.1) is 0 Å². The van der Waals surface area contributed by atoms with Crippen molar-refractivity contribution in [3.63, 3.8) is 0 Å². The first-order valence-electron chi connectivity index (χ1n) is 15.7. The predicted molar refractivity (Wildman–Crippen MR) is 189 cm³/mol. The zero-order valence-electron chi connectivity index (χ0n) is 27.6. The van der Waals surface area contributed by atoms with Gasteiger partial charge in [-0.15, -0.1) is 0 Å². The first-order chi connectivity index (χ1) is 24.5. The Hall–Kier alpha value is -7.08. The third-order valence-corrected chi connectivity index (χ3v) is 9.93. The lowest BCUT2D eigenvalue weighted by atomic mass is 9.69. The van der Waals surface area contributed by atoms with Gasteiger partial charge in [-0.3, -0.25) is 0 Å². The zero-order chi connectivity index (χ0) is 37.9. The van der Waals surface area contributed by atoms with Crippen LogP contribution in [0.4, 0.5) is 0 Å². The van der Waals surface area contributed by atoms with Crippen molar-refractivity contribution >= 4 is 0 Å². The Bertz CT molecular complexity index is 2070. The van der Waals surface area contributed by atoms with Gasteiger partial charge in [0.15, 0.2) is 46.0 Å². The third-order valence-electron chi connectivity index (χ3n) is 9.93. The number of aromatic hydroxyl groups is 12. The minimum atomic E-state index is -1.47. The summed E-state index contributed by atoms with van der Waals surface area (Å²) in [7, 11) is 0. The molecule has 0 bridgehead atoms. The van der Waals surface area contributed by atoms with Gasteiger partial charge in [0.25, 0.3) is 0 Å². The lowest BCUT2D eigenvalue weighted by Gasteiger charge is -2.33. The van der Waals surface area contributed by atoms with Gasteiger partial charge in [0.2, 0.25) is 23.0 Å². The van der Waals surface area contributed by atoms with Crippen LogP contribution in [0.15, 0.2) is 97.1 Å². The fourth-order valence-corrected chi connectivity index (χ4v) is 6.79. The van der Waals surface area contributed by atoms with E-state index in [9.17, 15) is 61.3 Å². The summed E-state index contributed by atoms with van der Waals surface area (Å²) in [4.78, 5) is 0. The Kier molecular flexibility index (Phi) is 8.26. The molecule has 0 heterocycles. The normalized spacial score (nSPS) is 11.8. The molecule has 0 aliphatic carbocycles. The first-order valence-corrected chi connectivity index (χ1v) is 15.7. The summed E-state index contributed by atoms with van der Waals surface area (Å²) in [5.41, 5.74) is -0.390. The molecular weight excluding hydrogens is 672 g/mol. The topological polar surface area (TPSA) is 243 Å². The van der Waals surface area contributed by atoms with Crippen molar-refractivity contribution < 1.29 is 61.3 Å². The Labute approximate surface area is 296 Å². The van der Waals surface area contributed by atoms with Crippen LogP contribution in [0.1, 0.15) is 47.2 Å². The van der Waals surface area contributed by atoms with Gasteiger partial charge in [-0.25, -0.2) is 0 Å². The van der Waals surface area contributed by atoms with Crippen LogP contribution in [0.25, 0.3) is 11.1 Å². The Morgan fingerprint density at radius 1 is 0.269 bits per heavy atom. The summed E-state index contributed by atoms with van der Waals surface area (Å²) >= 11 is 0. The molecule has 0 aliphatic heterocycles. The maximum absolute atomic E-state index is 10.9. The molecule has 0 amide bonds. The van der Waals surface area contributed by atoms with Crippen molar-refractivity contribution in [1.82, 2.24) is 0 Å². The monoisotopic (exact) mass is 706 g/mol. The van der Waals surface area contributed by atoms with Crippen molar-refractivity contribution in [2.75, 3.05) is 0 Å². The van der Waals surface area contributed by atoms with Crippen LogP contribution in [0.3, 0.4) is 0 Å². The molecule has 0 atom stereocenters. The number of phenolic OH excluding ortho intramolecular Hbond substituents is 12. The lowest BCUT2D eigenvalue weighted by Crippen LogP contribution is -2.26. The smallest absolute Gasteiger partial charge is 0.200 e. The van der Waals surface area contributed by atoms with Crippen LogP contribution in [0.2, 0.25) is 0 Å². The number of hydrogen-bond donors (Lipinski definition) is 12. The molecule has 12 nitrogen and oxygen atoms in total. The summed E-state index contributed by atoms with van der Waals surface area (Å²) in [6.07, 6.45) is 0. The fraction of sp³-hybridized carbons (Fsp3) is 0.100. The fourth-order valence-electron chi connectivity index (χ4n) is 6.79. The summed E-state index contributed by atoms with van der Waals surface area (Å²) in [6, 6.07) is 23.8. The molecule has 6 rings (SSSR count). The molecule has 0 aromatic heterocycles. The SMILES string of the molecule is CC(c1ccc(-c2ccc(C(C)(c3ccc(O)c(O)c3O)c3ccc(O)c(O)c3O)cc2)cc1)(c1ccc(O)c(O)c1O)c1ccc(O)c(O)c1O. The number of hydrogen-bond acceptors (Lipinski definition) is 12. The molecular formula is C40H34O12. The van der Waals surface area contributed by atoms with E-state index in [-0.39, 0.29) is 22.3 Å². The number of rotatable bonds is 7. The summed E-state index contributed by atoms with van der Waals surface area (Å²) < 4.78 is 0. The molecule has 0 spiro atoms. The van der Waals surface area contributed by atoms with Gasteiger partial charge in [-0.05, 0) is 60.4 Å². The van der Waals surface area contributed by atoms with Crippen LogP contribution in [-0.2, 0) is 10.8 Å². The highest BCUT2D eigenvalue weighted by Gasteiger charge is 2.40. The average molecular weight is 707 g/mol. The second-order valence-corrected chi connectivity index (χ2v) is 12.7. The van der Waals surface area contributed by atoms with Gasteiger partial charge in [0.1, 0.15) is 0 Å². The standard InChI is InChI=1S/C40H34O12/c1-39(23-11-15-27(41)35(49)31(23)45,24-12-16-28(42)36(50)32(24)46)21-7-3-19(4-8-21)20-5-9-22(10-6-20)40(2,25-13-17-29(43)37(51)33(25)47)26-14-18-30(44)38(52)34(26)48/h3-18,41-52H,1-2H3. The van der Waals surface area contributed by atoms with Crippen LogP contribution in [0, 0.1) is 0 Å². The largest absolute Gasteiger partial charge is 0.504 e. The molecule has 12 N–H and O–H groups in total. The molecule has 6 aromatic rings.